The van der Waals surface area contributed by atoms with Crippen molar-refractivity contribution in [1.29, 1.82) is 0 Å². The van der Waals surface area contributed by atoms with Crippen LogP contribution in [0.25, 0.3) is 6.08 Å². The molecule has 2 saturated heterocycles. The molecule has 8 nitrogen and oxygen atoms in total. The highest BCUT2D eigenvalue weighted by atomic mass is 32.2. The summed E-state index contributed by atoms with van der Waals surface area (Å²) in [6.45, 7) is 1.44. The molecule has 0 spiro atoms. The maximum atomic E-state index is 12.5. The van der Waals surface area contributed by atoms with E-state index in [2.05, 4.69) is 0 Å². The number of ether oxygens (including phenoxy) is 1. The van der Waals surface area contributed by atoms with Crippen molar-refractivity contribution in [2.45, 2.75) is 0 Å². The average Bonchev–Trinajstić information content (AvgIpc) is 2.90. The van der Waals surface area contributed by atoms with Crippen LogP contribution in [0.4, 0.5) is 4.79 Å². The van der Waals surface area contributed by atoms with Gasteiger partial charge in [-0.15, -0.1) is 0 Å². The van der Waals surface area contributed by atoms with Crippen LogP contribution in [-0.2, 0) is 14.3 Å². The van der Waals surface area contributed by atoms with Crippen LogP contribution in [0, 0.1) is 0 Å². The van der Waals surface area contributed by atoms with Crippen LogP contribution in [0.15, 0.2) is 29.2 Å². The Morgan fingerprint density at radius 3 is 2.65 bits per heavy atom. The molecule has 1 aromatic rings. The van der Waals surface area contributed by atoms with E-state index in [1.165, 1.54) is 18.2 Å². The highest BCUT2D eigenvalue weighted by Crippen LogP contribution is 2.32. The predicted octanol–water partition coefficient (Wildman–Crippen LogP) is 1.28. The van der Waals surface area contributed by atoms with Crippen molar-refractivity contribution in [3.8, 4) is 0 Å². The maximum absolute atomic E-state index is 12.5. The van der Waals surface area contributed by atoms with Crippen molar-refractivity contribution in [2.75, 3.05) is 32.8 Å². The lowest BCUT2D eigenvalue weighted by atomic mass is 10.1. The Hall–Kier alpha value is -2.65. The minimum atomic E-state index is -1.08. The third-order valence-electron chi connectivity index (χ3n) is 3.96. The molecule has 0 bridgehead atoms. The van der Waals surface area contributed by atoms with Crippen molar-refractivity contribution < 1.29 is 29.0 Å². The maximum Gasteiger partial charge on any atom is 0.335 e. The topological polar surface area (TPSA) is 104 Å². The number of nitrogens with zero attached hydrogens (tertiary/aromatic N) is 2. The number of hydrogen-bond donors (Lipinski definition) is 1. The largest absolute Gasteiger partial charge is 0.478 e. The van der Waals surface area contributed by atoms with E-state index >= 15 is 0 Å². The fraction of sp³-hybridized carbons (Fsp3) is 0.294. The molecule has 2 fully saturated rings. The van der Waals surface area contributed by atoms with Gasteiger partial charge in [0.15, 0.2) is 0 Å². The van der Waals surface area contributed by atoms with Crippen molar-refractivity contribution in [3.05, 3.63) is 40.3 Å². The molecule has 1 N–H and O–H groups in total. The van der Waals surface area contributed by atoms with E-state index in [9.17, 15) is 19.2 Å². The molecular formula is C17H16N2O6S. The lowest BCUT2D eigenvalue weighted by Gasteiger charge is -2.28. The zero-order chi connectivity index (χ0) is 18.7. The number of aromatic carboxylic acids is 1. The molecule has 2 heterocycles. The molecule has 3 amide bonds. The molecule has 2 aliphatic heterocycles. The lowest BCUT2D eigenvalue weighted by molar-refractivity contribution is -0.139. The Morgan fingerprint density at radius 2 is 1.96 bits per heavy atom. The fourth-order valence-corrected chi connectivity index (χ4v) is 3.44. The number of hydrogen-bond acceptors (Lipinski definition) is 6. The quantitative estimate of drug-likeness (QED) is 0.789. The zero-order valence-electron chi connectivity index (χ0n) is 13.7. The van der Waals surface area contributed by atoms with Gasteiger partial charge in [0.1, 0.15) is 6.54 Å². The van der Waals surface area contributed by atoms with Gasteiger partial charge in [-0.1, -0.05) is 12.1 Å². The zero-order valence-corrected chi connectivity index (χ0v) is 14.5. The Bertz CT molecular complexity index is 800. The van der Waals surface area contributed by atoms with Gasteiger partial charge < -0.3 is 14.7 Å². The van der Waals surface area contributed by atoms with Gasteiger partial charge in [-0.2, -0.15) is 0 Å². The smallest absolute Gasteiger partial charge is 0.335 e. The number of benzene rings is 1. The van der Waals surface area contributed by atoms with Gasteiger partial charge in [-0.25, -0.2) is 4.79 Å². The van der Waals surface area contributed by atoms with Crippen LogP contribution in [0.5, 0.6) is 0 Å². The third kappa shape index (κ3) is 3.94. The van der Waals surface area contributed by atoms with Gasteiger partial charge in [0.2, 0.25) is 5.91 Å². The van der Waals surface area contributed by atoms with Gasteiger partial charge in [0, 0.05) is 13.1 Å². The van der Waals surface area contributed by atoms with Crippen LogP contribution in [0.2, 0.25) is 0 Å². The fourth-order valence-electron chi connectivity index (χ4n) is 2.60. The summed E-state index contributed by atoms with van der Waals surface area (Å²) in [5.74, 6) is -1.93. The summed E-state index contributed by atoms with van der Waals surface area (Å²) in [6, 6.07) is 6.04. The second kappa shape index (κ2) is 7.71. The Balaban J connectivity index is 1.73. The monoisotopic (exact) mass is 376 g/mol. The number of thioether (sulfide) groups is 1. The molecule has 9 heteroatoms. The summed E-state index contributed by atoms with van der Waals surface area (Å²) in [4.78, 5) is 50.5. The molecule has 3 rings (SSSR count). The lowest BCUT2D eigenvalue weighted by Crippen LogP contribution is -2.46. The first kappa shape index (κ1) is 18.2. The molecule has 136 valence electrons. The number of imide groups is 1. The van der Waals surface area contributed by atoms with Crippen LogP contribution >= 0.6 is 11.8 Å². The van der Waals surface area contributed by atoms with Crippen molar-refractivity contribution in [2.24, 2.45) is 0 Å². The summed E-state index contributed by atoms with van der Waals surface area (Å²) < 4.78 is 5.18. The van der Waals surface area contributed by atoms with Crippen LogP contribution < -0.4 is 0 Å². The summed E-state index contributed by atoms with van der Waals surface area (Å²) in [5, 5.41) is 8.51. The summed E-state index contributed by atoms with van der Waals surface area (Å²) in [6.07, 6.45) is 1.45. The van der Waals surface area contributed by atoms with Crippen molar-refractivity contribution in [1.82, 2.24) is 9.80 Å². The highest BCUT2D eigenvalue weighted by molar-refractivity contribution is 8.18. The number of carboxylic acids is 1. The number of carbonyl (C=O) groups is 4. The molecular weight excluding hydrogens is 360 g/mol. The average molecular weight is 376 g/mol. The number of amides is 3. The Morgan fingerprint density at radius 1 is 1.23 bits per heavy atom. The minimum Gasteiger partial charge on any atom is -0.478 e. The van der Waals surface area contributed by atoms with Gasteiger partial charge in [-0.3, -0.25) is 19.3 Å². The molecule has 1 aromatic carbocycles. The molecule has 0 radical (unpaired) electrons. The van der Waals surface area contributed by atoms with Gasteiger partial charge in [0.25, 0.3) is 11.1 Å². The van der Waals surface area contributed by atoms with E-state index in [4.69, 9.17) is 9.84 Å². The van der Waals surface area contributed by atoms with E-state index < -0.39 is 17.1 Å². The summed E-state index contributed by atoms with van der Waals surface area (Å²) >= 11 is 0.735. The molecule has 2 aliphatic rings. The first-order valence-corrected chi connectivity index (χ1v) is 8.71. The highest BCUT2D eigenvalue weighted by Gasteiger charge is 2.37. The number of carbonyl (C=O) groups excluding carboxylic acids is 3. The second-order valence-electron chi connectivity index (χ2n) is 5.69. The predicted molar refractivity (Wildman–Crippen MR) is 93.5 cm³/mol. The van der Waals surface area contributed by atoms with Gasteiger partial charge in [-0.05, 0) is 35.5 Å². The third-order valence-corrected chi connectivity index (χ3v) is 4.87. The number of carboxylic acid groups (broad SMARTS) is 1. The Labute approximate surface area is 153 Å². The second-order valence-corrected chi connectivity index (χ2v) is 6.68. The van der Waals surface area contributed by atoms with E-state index in [0.717, 1.165) is 16.7 Å². The molecule has 0 unspecified atom stereocenters. The van der Waals surface area contributed by atoms with Gasteiger partial charge >= 0.3 is 5.97 Å². The van der Waals surface area contributed by atoms with E-state index in [-0.39, 0.29) is 22.9 Å². The van der Waals surface area contributed by atoms with Crippen molar-refractivity contribution >= 4 is 40.9 Å². The van der Waals surface area contributed by atoms with Crippen LogP contribution in [0.3, 0.4) is 0 Å². The first-order chi connectivity index (χ1) is 12.5. The van der Waals surface area contributed by atoms with Gasteiger partial charge in [0.05, 0.1) is 23.7 Å². The standard InChI is InChI=1S/C17H16N2O6S/c20-14(18-4-6-25-7-5-18)10-19-15(21)13(26-17(19)24)9-11-2-1-3-12(8-11)16(22)23/h1-3,8-9H,4-7,10H2,(H,22,23)/b13-9-. The molecule has 0 aliphatic carbocycles. The van der Waals surface area contributed by atoms with E-state index in [0.29, 0.717) is 31.9 Å². The number of rotatable bonds is 4. The molecule has 0 atom stereocenters. The Kier molecular flexibility index (Phi) is 5.38. The molecule has 0 aromatic heterocycles. The van der Waals surface area contributed by atoms with Crippen LogP contribution in [-0.4, -0.2) is 70.8 Å². The SMILES string of the molecule is O=C(O)c1cccc(/C=C2\SC(=O)N(CC(=O)N3CCOCC3)C2=O)c1. The normalized spacial score (nSPS) is 19.3. The molecule has 26 heavy (non-hydrogen) atoms. The van der Waals surface area contributed by atoms with Crippen LogP contribution in [0.1, 0.15) is 15.9 Å². The summed E-state index contributed by atoms with van der Waals surface area (Å²) in [5.41, 5.74) is 0.579. The van der Waals surface area contributed by atoms with Crippen molar-refractivity contribution in [3.63, 3.8) is 0 Å². The number of morpholine rings is 1. The summed E-state index contributed by atoms with van der Waals surface area (Å²) in [7, 11) is 0. The van der Waals surface area contributed by atoms with E-state index in [1.54, 1.807) is 17.0 Å². The minimum absolute atomic E-state index is 0.0838. The van der Waals surface area contributed by atoms with E-state index in [1.807, 2.05) is 0 Å². The molecule has 0 saturated carbocycles. The first-order valence-electron chi connectivity index (χ1n) is 7.90.